The number of benzene rings is 4. The van der Waals surface area contributed by atoms with E-state index in [1.165, 1.54) is 24.1 Å². The van der Waals surface area contributed by atoms with Gasteiger partial charge in [0.25, 0.3) is 11.8 Å². The number of rotatable bonds is 23. The highest BCUT2D eigenvalue weighted by molar-refractivity contribution is 6.06. The number of aromatic hydroxyl groups is 2. The Bertz CT molecular complexity index is 3110. The maximum absolute atomic E-state index is 13.9. The average Bonchev–Trinajstić information content (AvgIpc) is 4.05. The molecule has 3 unspecified atom stereocenters. The Morgan fingerprint density at radius 1 is 0.810 bits per heavy atom. The first-order chi connectivity index (χ1) is 38.0. The molecular formula is C59H66N8O12. The van der Waals surface area contributed by atoms with Crippen LogP contribution in [-0.2, 0) is 24.0 Å². The molecule has 0 saturated carbocycles. The quantitative estimate of drug-likeness (QED) is 0.0354. The van der Waals surface area contributed by atoms with Crippen LogP contribution in [0.2, 0.25) is 0 Å². The molecule has 7 amide bonds. The second-order valence-corrected chi connectivity index (χ2v) is 20.1. The van der Waals surface area contributed by atoms with E-state index >= 15 is 0 Å². The zero-order chi connectivity index (χ0) is 56.3. The summed E-state index contributed by atoms with van der Waals surface area (Å²) in [5, 5.41) is 28.9. The van der Waals surface area contributed by atoms with E-state index in [1.54, 1.807) is 104 Å². The van der Waals surface area contributed by atoms with Gasteiger partial charge in [-0.25, -0.2) is 0 Å². The van der Waals surface area contributed by atoms with Crippen molar-refractivity contribution in [3.63, 3.8) is 0 Å². The predicted octanol–water partition coefficient (Wildman–Crippen LogP) is 7.69. The molecule has 0 radical (unpaired) electrons. The lowest BCUT2D eigenvalue weighted by Crippen LogP contribution is -2.51. The number of fused-ring (bicyclic) bond motifs is 3. The van der Waals surface area contributed by atoms with Gasteiger partial charge in [-0.2, -0.15) is 0 Å². The van der Waals surface area contributed by atoms with Gasteiger partial charge >= 0.3 is 0 Å². The Morgan fingerprint density at radius 2 is 1.52 bits per heavy atom. The third kappa shape index (κ3) is 13.7. The van der Waals surface area contributed by atoms with Crippen LogP contribution in [0.3, 0.4) is 0 Å². The van der Waals surface area contributed by atoms with E-state index in [0.717, 1.165) is 22.3 Å². The highest BCUT2D eigenvalue weighted by Crippen LogP contribution is 2.40. The number of likely N-dealkylation sites (tertiary alicyclic amines) is 1. The largest absolute Gasteiger partial charge is 0.508 e. The molecule has 20 heteroatoms. The summed E-state index contributed by atoms with van der Waals surface area (Å²) in [6.45, 7) is 7.92. The molecule has 8 rings (SSSR count). The summed E-state index contributed by atoms with van der Waals surface area (Å²) in [4.78, 5) is 104. The van der Waals surface area contributed by atoms with Crippen LogP contribution in [0.5, 0.6) is 28.7 Å². The van der Waals surface area contributed by atoms with Gasteiger partial charge in [-0.05, 0) is 83.9 Å². The number of allylic oxidation sites excluding steroid dienone is 1. The zero-order valence-corrected chi connectivity index (χ0v) is 45.0. The number of phenolic OH excluding ortho intramolecular Hbond substituents is 2. The molecule has 4 heterocycles. The molecule has 0 aliphatic carbocycles. The van der Waals surface area contributed by atoms with E-state index in [-0.39, 0.29) is 103 Å². The van der Waals surface area contributed by atoms with Gasteiger partial charge < -0.3 is 50.2 Å². The van der Waals surface area contributed by atoms with Gasteiger partial charge in [-0.1, -0.05) is 58.4 Å². The second-order valence-electron chi connectivity index (χ2n) is 20.1. The number of hydrogen-bond donors (Lipinski definition) is 5. The molecule has 3 atom stereocenters. The minimum Gasteiger partial charge on any atom is -0.508 e. The number of unbranched alkanes of at least 4 members (excludes halogenated alkanes) is 2. The summed E-state index contributed by atoms with van der Waals surface area (Å²) in [6, 6.07) is 18.8. The molecule has 1 fully saturated rings. The molecule has 0 spiro atoms. The number of imide groups is 1. The maximum Gasteiger partial charge on any atom is 0.260 e. The number of nitrogens with zero attached hydrogens (tertiary/aromatic N) is 5. The Labute approximate surface area is 458 Å². The van der Waals surface area contributed by atoms with Gasteiger partial charge in [0.05, 0.1) is 62.0 Å². The summed E-state index contributed by atoms with van der Waals surface area (Å²) >= 11 is 0. The van der Waals surface area contributed by atoms with Gasteiger partial charge in [-0.3, -0.25) is 48.4 Å². The van der Waals surface area contributed by atoms with Crippen LogP contribution < -0.4 is 30.2 Å². The number of ether oxygens (including phenoxy) is 3. The standard InChI is InChI=1S/C59H66N8O12/c1-6-37(38-14-18-43(68)19-15-38)33-65-22-20-60-46-30-51(50(77-5)28-45(46)58(65)75)79-24-10-23-78-49-29-47-44(27-48(49)69)59(76)67-34-40(26-42(67)31-61-47)39-12-16-41(17-13-39)63-53(71)32-62-56(73)55(35(2)3)64-52(70)11-8-7-9-21-66-54(72)25-36(4)57(66)74/h12-20,27-31,33-36,42,55,68-69H,6-11,21-26,32H2,1-5H3,(H,62,73)(H,63,71)(H,64,70)/b37-33+. The minimum atomic E-state index is -0.857. The van der Waals surface area contributed by atoms with Crippen molar-refractivity contribution in [2.24, 2.45) is 21.8 Å². The van der Waals surface area contributed by atoms with Crippen molar-refractivity contribution >= 4 is 82.0 Å². The number of phenols is 2. The Kier molecular flexibility index (Phi) is 18.2. The third-order valence-electron chi connectivity index (χ3n) is 14.0. The highest BCUT2D eigenvalue weighted by atomic mass is 16.5. The fourth-order valence-electron chi connectivity index (χ4n) is 9.60. The molecule has 0 aromatic heterocycles. The van der Waals surface area contributed by atoms with Gasteiger partial charge in [0.2, 0.25) is 29.5 Å². The van der Waals surface area contributed by atoms with Crippen molar-refractivity contribution in [1.29, 1.82) is 0 Å². The number of carbonyl (C=O) groups is 7. The Hall–Kier alpha value is -8.81. The zero-order valence-electron chi connectivity index (χ0n) is 45.0. The number of nitrogens with one attached hydrogen (secondary N) is 3. The van der Waals surface area contributed by atoms with E-state index in [4.69, 9.17) is 14.2 Å². The minimum absolute atomic E-state index is 0.148. The van der Waals surface area contributed by atoms with E-state index in [2.05, 4.69) is 25.9 Å². The predicted molar refractivity (Wildman–Crippen MR) is 297 cm³/mol. The number of carbonyl (C=O) groups excluding carboxylic acids is 7. The molecule has 20 nitrogen and oxygen atoms in total. The normalized spacial score (nSPS) is 17.2. The summed E-state index contributed by atoms with van der Waals surface area (Å²) in [7, 11) is 1.49. The Balaban J connectivity index is 0.781. The van der Waals surface area contributed by atoms with Crippen molar-refractivity contribution in [3.05, 3.63) is 107 Å². The lowest BCUT2D eigenvalue weighted by Gasteiger charge is -2.21. The molecule has 4 aromatic carbocycles. The van der Waals surface area contributed by atoms with Gasteiger partial charge in [0, 0.05) is 80.8 Å². The maximum atomic E-state index is 13.9. The van der Waals surface area contributed by atoms with Crippen LogP contribution in [0, 0.1) is 11.8 Å². The van der Waals surface area contributed by atoms with Crippen molar-refractivity contribution < 1.29 is 58.0 Å². The van der Waals surface area contributed by atoms with E-state index in [9.17, 15) is 43.8 Å². The molecule has 0 bridgehead atoms. The topological polar surface area (TPSA) is 258 Å². The van der Waals surface area contributed by atoms with Crippen LogP contribution in [0.4, 0.5) is 17.1 Å². The first-order valence-corrected chi connectivity index (χ1v) is 26.6. The lowest BCUT2D eigenvalue weighted by atomic mass is 10.0. The van der Waals surface area contributed by atoms with Crippen LogP contribution >= 0.6 is 0 Å². The fraction of sp³-hybridized carbons (Fsp3) is 0.373. The van der Waals surface area contributed by atoms with Crippen LogP contribution in [0.1, 0.15) is 111 Å². The van der Waals surface area contributed by atoms with Crippen molar-refractivity contribution in [3.8, 4) is 28.7 Å². The van der Waals surface area contributed by atoms with Gasteiger partial charge in [0.1, 0.15) is 11.8 Å². The second kappa shape index (κ2) is 25.6. The van der Waals surface area contributed by atoms with Gasteiger partial charge in [0.15, 0.2) is 23.0 Å². The molecule has 4 aliphatic heterocycles. The number of amides is 7. The van der Waals surface area contributed by atoms with Crippen LogP contribution in [0.15, 0.2) is 95.2 Å². The fourth-order valence-corrected chi connectivity index (χ4v) is 9.60. The summed E-state index contributed by atoms with van der Waals surface area (Å²) in [5.41, 5.74) is 5.28. The molecule has 4 aliphatic rings. The molecule has 79 heavy (non-hydrogen) atoms. The first kappa shape index (κ1) is 56.4. The monoisotopic (exact) mass is 1080 g/mol. The highest BCUT2D eigenvalue weighted by Gasteiger charge is 2.36. The van der Waals surface area contributed by atoms with Gasteiger partial charge in [-0.15, -0.1) is 0 Å². The van der Waals surface area contributed by atoms with Crippen molar-refractivity contribution in [2.75, 3.05) is 45.3 Å². The summed E-state index contributed by atoms with van der Waals surface area (Å²) in [6.07, 6.45) is 10.6. The molecule has 1 saturated heterocycles. The average molecular weight is 1080 g/mol. The smallest absolute Gasteiger partial charge is 0.260 e. The molecular weight excluding hydrogens is 1010 g/mol. The molecule has 414 valence electrons. The summed E-state index contributed by atoms with van der Waals surface area (Å²) < 4.78 is 17.6. The molecule has 5 N–H and O–H groups in total. The Morgan fingerprint density at radius 3 is 2.22 bits per heavy atom. The number of anilines is 1. The summed E-state index contributed by atoms with van der Waals surface area (Å²) in [5.74, 6) is -1.92. The number of hydrogen-bond acceptors (Lipinski definition) is 14. The third-order valence-corrected chi connectivity index (χ3v) is 14.0. The van der Waals surface area contributed by atoms with E-state index in [1.807, 2.05) is 19.1 Å². The van der Waals surface area contributed by atoms with E-state index in [0.29, 0.717) is 79.2 Å². The van der Waals surface area contributed by atoms with Crippen molar-refractivity contribution in [1.82, 2.24) is 25.3 Å². The SMILES string of the molecule is CC/C(=C\N1CC=Nc2cc(OCCCOc3cc4c(cc3O)C(=O)N3C=C(c5ccc(NC(=O)CNC(=O)C(NC(=O)CCCCCN6C(=O)CC(C)C6=O)C(C)C)cc5)CC3C=N4)c(OC)cc2C1=O)c1ccc(O)cc1. The first-order valence-electron chi connectivity index (χ1n) is 26.6. The van der Waals surface area contributed by atoms with Crippen LogP contribution in [-0.4, -0.2) is 131 Å². The van der Waals surface area contributed by atoms with E-state index < -0.39 is 23.9 Å². The van der Waals surface area contributed by atoms with Crippen molar-refractivity contribution in [2.45, 2.75) is 91.1 Å². The van der Waals surface area contributed by atoms with Crippen LogP contribution in [0.25, 0.3) is 11.1 Å². The number of methoxy groups -OCH3 is 1. The number of aliphatic imine (C=N–C) groups is 2. The molecule has 4 aromatic rings. The lowest BCUT2D eigenvalue weighted by molar-refractivity contribution is -0.139.